The summed E-state index contributed by atoms with van der Waals surface area (Å²) in [4.78, 5) is 36.4. The van der Waals surface area contributed by atoms with Crippen molar-refractivity contribution in [3.8, 4) is 0 Å². The maximum atomic E-state index is 12.8. The Labute approximate surface area is 172 Å². The Morgan fingerprint density at radius 2 is 2.07 bits per heavy atom. The van der Waals surface area contributed by atoms with E-state index in [1.54, 1.807) is 6.33 Å². The quantitative estimate of drug-likeness (QED) is 0.848. The number of piperidine rings is 2. The molecule has 2 amide bonds. The van der Waals surface area contributed by atoms with Crippen LogP contribution in [-0.4, -0.2) is 57.8 Å². The molecule has 6 nitrogen and oxygen atoms in total. The second-order valence-corrected chi connectivity index (χ2v) is 8.69. The summed E-state index contributed by atoms with van der Waals surface area (Å²) in [6.45, 7) is 5.21. The third kappa shape index (κ3) is 4.69. The van der Waals surface area contributed by atoms with Gasteiger partial charge in [-0.2, -0.15) is 0 Å². The van der Waals surface area contributed by atoms with Crippen molar-refractivity contribution >= 4 is 11.8 Å². The highest BCUT2D eigenvalue weighted by atomic mass is 16.2. The molecule has 1 aromatic heterocycles. The first-order valence-electron chi connectivity index (χ1n) is 10.6. The minimum atomic E-state index is 0.169. The van der Waals surface area contributed by atoms with Gasteiger partial charge in [-0.3, -0.25) is 9.59 Å². The Bertz CT molecular complexity index is 854. The maximum absolute atomic E-state index is 12.8. The Morgan fingerprint density at radius 3 is 2.79 bits per heavy atom. The first-order chi connectivity index (χ1) is 14.0. The van der Waals surface area contributed by atoms with Crippen molar-refractivity contribution in [2.24, 2.45) is 5.41 Å². The van der Waals surface area contributed by atoms with Crippen LogP contribution in [-0.2, 0) is 22.4 Å². The maximum Gasteiger partial charge on any atom is 0.226 e. The van der Waals surface area contributed by atoms with Crippen LogP contribution in [0, 0.1) is 12.3 Å². The molecule has 29 heavy (non-hydrogen) atoms. The van der Waals surface area contributed by atoms with Gasteiger partial charge in [0.2, 0.25) is 11.8 Å². The second kappa shape index (κ2) is 8.39. The van der Waals surface area contributed by atoms with Crippen molar-refractivity contribution in [3.63, 3.8) is 0 Å². The van der Waals surface area contributed by atoms with Crippen LogP contribution in [0.3, 0.4) is 0 Å². The van der Waals surface area contributed by atoms with Gasteiger partial charge in [0, 0.05) is 50.9 Å². The lowest BCUT2D eigenvalue weighted by atomic mass is 9.72. The van der Waals surface area contributed by atoms with Crippen molar-refractivity contribution < 1.29 is 9.59 Å². The topological polar surface area (TPSA) is 69.3 Å². The van der Waals surface area contributed by atoms with E-state index in [1.165, 1.54) is 5.56 Å². The van der Waals surface area contributed by atoms with Crippen molar-refractivity contribution in [1.82, 2.24) is 19.8 Å². The monoisotopic (exact) mass is 394 g/mol. The van der Waals surface area contributed by atoms with Gasteiger partial charge in [0.1, 0.15) is 0 Å². The van der Waals surface area contributed by atoms with Gasteiger partial charge < -0.3 is 14.8 Å². The van der Waals surface area contributed by atoms with E-state index in [4.69, 9.17) is 0 Å². The number of imidazole rings is 1. The minimum absolute atomic E-state index is 0.169. The number of aryl methyl sites for hydroxylation is 1. The lowest BCUT2D eigenvalue weighted by Crippen LogP contribution is -2.52. The molecule has 0 bridgehead atoms. The molecule has 1 aromatic carbocycles. The van der Waals surface area contributed by atoms with Gasteiger partial charge in [-0.05, 0) is 37.2 Å². The molecule has 6 heteroatoms. The third-order valence-electron chi connectivity index (χ3n) is 6.57. The summed E-state index contributed by atoms with van der Waals surface area (Å²) in [6, 6.07) is 8.19. The van der Waals surface area contributed by atoms with E-state index in [2.05, 4.69) is 29.0 Å². The number of likely N-dealkylation sites (tertiary alicyclic amines) is 2. The minimum Gasteiger partial charge on any atom is -0.348 e. The van der Waals surface area contributed by atoms with Gasteiger partial charge in [0.25, 0.3) is 0 Å². The normalized spacial score (nSPS) is 19.0. The van der Waals surface area contributed by atoms with Gasteiger partial charge >= 0.3 is 0 Å². The van der Waals surface area contributed by atoms with Crippen LogP contribution >= 0.6 is 0 Å². The van der Waals surface area contributed by atoms with Gasteiger partial charge in [-0.1, -0.05) is 29.8 Å². The first-order valence-corrected chi connectivity index (χ1v) is 10.6. The van der Waals surface area contributed by atoms with E-state index >= 15 is 0 Å². The summed E-state index contributed by atoms with van der Waals surface area (Å²) in [5.74, 6) is 0.474. The molecule has 2 aliphatic heterocycles. The van der Waals surface area contributed by atoms with Crippen LogP contribution in [0.1, 0.15) is 42.5 Å². The molecule has 2 aromatic rings. The third-order valence-corrected chi connectivity index (χ3v) is 6.57. The summed E-state index contributed by atoms with van der Waals surface area (Å²) >= 11 is 0. The van der Waals surface area contributed by atoms with Crippen LogP contribution in [0.5, 0.6) is 0 Å². The van der Waals surface area contributed by atoms with Crippen molar-refractivity contribution in [2.75, 3.05) is 26.2 Å². The highest BCUT2D eigenvalue weighted by Crippen LogP contribution is 2.40. The highest BCUT2D eigenvalue weighted by Gasteiger charge is 2.41. The molecule has 3 heterocycles. The molecule has 1 spiro atoms. The summed E-state index contributed by atoms with van der Waals surface area (Å²) in [6.07, 6.45) is 8.33. The van der Waals surface area contributed by atoms with Gasteiger partial charge in [-0.15, -0.1) is 0 Å². The molecule has 1 N–H and O–H groups in total. The number of aromatic amines is 1. The molecule has 0 unspecified atom stereocenters. The zero-order chi connectivity index (χ0) is 20.3. The highest BCUT2D eigenvalue weighted by molar-refractivity contribution is 5.79. The number of H-pyrrole nitrogens is 1. The standard InChI is InChI=1S/C23H30N4O2/c1-18-3-2-4-19(13-18)14-22(29)26-11-8-23(9-12-26)7-5-21(28)27(16-23)10-6-20-15-24-17-25-20/h2-4,13,15,17H,5-12,14,16H2,1H3,(H,24,25). The van der Waals surface area contributed by atoms with Crippen LogP contribution in [0.25, 0.3) is 0 Å². The number of carbonyl (C=O) groups excluding carboxylic acids is 2. The number of nitrogens with zero attached hydrogens (tertiary/aromatic N) is 3. The molecule has 4 rings (SSSR count). The molecular weight excluding hydrogens is 364 g/mol. The van der Waals surface area contributed by atoms with E-state index in [0.29, 0.717) is 12.8 Å². The Balaban J connectivity index is 1.31. The number of hydrogen-bond acceptors (Lipinski definition) is 3. The molecule has 2 saturated heterocycles. The van der Waals surface area contributed by atoms with Crippen LogP contribution in [0.4, 0.5) is 0 Å². The fourth-order valence-electron chi connectivity index (χ4n) is 4.73. The molecule has 0 saturated carbocycles. The van der Waals surface area contributed by atoms with Crippen LogP contribution < -0.4 is 0 Å². The zero-order valence-electron chi connectivity index (χ0n) is 17.2. The van der Waals surface area contributed by atoms with Crippen LogP contribution in [0.15, 0.2) is 36.8 Å². The average molecular weight is 395 g/mol. The smallest absolute Gasteiger partial charge is 0.226 e. The van der Waals surface area contributed by atoms with Crippen molar-refractivity contribution in [3.05, 3.63) is 53.6 Å². The second-order valence-electron chi connectivity index (χ2n) is 8.69. The molecular formula is C23H30N4O2. The van der Waals surface area contributed by atoms with Gasteiger partial charge in [0.05, 0.1) is 12.7 Å². The number of carbonyl (C=O) groups is 2. The number of amides is 2. The van der Waals surface area contributed by atoms with Gasteiger partial charge in [0.15, 0.2) is 0 Å². The summed E-state index contributed by atoms with van der Waals surface area (Å²) in [7, 11) is 0. The first kappa shape index (κ1) is 19.7. The Morgan fingerprint density at radius 1 is 1.24 bits per heavy atom. The molecule has 2 fully saturated rings. The zero-order valence-corrected chi connectivity index (χ0v) is 17.2. The van der Waals surface area contributed by atoms with Crippen LogP contribution in [0.2, 0.25) is 0 Å². The van der Waals surface area contributed by atoms with E-state index < -0.39 is 0 Å². The molecule has 0 radical (unpaired) electrons. The molecule has 2 aliphatic rings. The van der Waals surface area contributed by atoms with E-state index in [9.17, 15) is 9.59 Å². The Kier molecular flexibility index (Phi) is 5.69. The number of aromatic nitrogens is 2. The number of rotatable bonds is 5. The number of hydrogen-bond donors (Lipinski definition) is 1. The molecule has 0 aliphatic carbocycles. The predicted octanol–water partition coefficient (Wildman–Crippen LogP) is 2.73. The molecule has 154 valence electrons. The van der Waals surface area contributed by atoms with E-state index in [1.807, 2.05) is 28.1 Å². The summed E-state index contributed by atoms with van der Waals surface area (Å²) in [5, 5.41) is 0. The largest absolute Gasteiger partial charge is 0.348 e. The van der Waals surface area contributed by atoms with Crippen molar-refractivity contribution in [1.29, 1.82) is 0 Å². The predicted molar refractivity (Wildman–Crippen MR) is 111 cm³/mol. The Hall–Kier alpha value is -2.63. The number of nitrogens with one attached hydrogen (secondary N) is 1. The average Bonchev–Trinajstić information content (AvgIpc) is 3.23. The fraction of sp³-hybridized carbons (Fsp3) is 0.522. The van der Waals surface area contributed by atoms with E-state index in [-0.39, 0.29) is 17.2 Å². The van der Waals surface area contributed by atoms with Crippen molar-refractivity contribution in [2.45, 2.75) is 45.4 Å². The lowest BCUT2D eigenvalue weighted by molar-refractivity contribution is -0.142. The van der Waals surface area contributed by atoms with Gasteiger partial charge in [-0.25, -0.2) is 4.98 Å². The summed E-state index contributed by atoms with van der Waals surface area (Å²) < 4.78 is 0. The number of benzene rings is 1. The fourth-order valence-corrected chi connectivity index (χ4v) is 4.73. The summed E-state index contributed by atoms with van der Waals surface area (Å²) in [5.41, 5.74) is 3.51. The lowest BCUT2D eigenvalue weighted by Gasteiger charge is -2.47. The van der Waals surface area contributed by atoms with E-state index in [0.717, 1.165) is 63.1 Å². The molecule has 0 atom stereocenters. The SMILES string of the molecule is Cc1cccc(CC(=O)N2CCC3(CCC(=O)N(CCc4cnc[nH]4)C3)CC2)c1.